The highest BCUT2D eigenvalue weighted by atomic mass is 16.3. The average Bonchev–Trinajstić information content (AvgIpc) is 3.09. The first-order valence-electron chi connectivity index (χ1n) is 7.57. The molecule has 2 heteroatoms. The van der Waals surface area contributed by atoms with E-state index in [0.29, 0.717) is 0 Å². The van der Waals surface area contributed by atoms with Gasteiger partial charge in [0.25, 0.3) is 0 Å². The SMILES string of the molecule is C(=Nc1ccccc1)c1ccc(-c2cccc3ccccc23)o1. The molecule has 0 radical (unpaired) electrons. The molecule has 3 aromatic carbocycles. The molecule has 0 spiro atoms. The van der Waals surface area contributed by atoms with Gasteiger partial charge in [0, 0.05) is 5.56 Å². The average molecular weight is 297 g/mol. The Kier molecular flexibility index (Phi) is 3.49. The molecule has 0 N–H and O–H groups in total. The van der Waals surface area contributed by atoms with Gasteiger partial charge in [-0.3, -0.25) is 4.99 Å². The molecule has 0 amide bonds. The molecule has 0 saturated heterocycles. The van der Waals surface area contributed by atoms with Crippen LogP contribution in [0.5, 0.6) is 0 Å². The molecule has 0 fully saturated rings. The topological polar surface area (TPSA) is 25.5 Å². The van der Waals surface area contributed by atoms with E-state index in [1.165, 1.54) is 10.8 Å². The van der Waals surface area contributed by atoms with E-state index in [0.717, 1.165) is 22.8 Å². The van der Waals surface area contributed by atoms with E-state index in [4.69, 9.17) is 4.42 Å². The summed E-state index contributed by atoms with van der Waals surface area (Å²) in [6.07, 6.45) is 1.75. The van der Waals surface area contributed by atoms with E-state index in [-0.39, 0.29) is 0 Å². The summed E-state index contributed by atoms with van der Waals surface area (Å²) in [5.74, 6) is 1.60. The van der Waals surface area contributed by atoms with Gasteiger partial charge >= 0.3 is 0 Å². The third-order valence-corrected chi connectivity index (χ3v) is 3.78. The summed E-state index contributed by atoms with van der Waals surface area (Å²) in [4.78, 5) is 4.43. The number of nitrogens with zero attached hydrogens (tertiary/aromatic N) is 1. The highest BCUT2D eigenvalue weighted by Gasteiger charge is 2.07. The van der Waals surface area contributed by atoms with E-state index in [1.807, 2.05) is 54.6 Å². The van der Waals surface area contributed by atoms with Crippen molar-refractivity contribution in [2.75, 3.05) is 0 Å². The molecule has 0 aliphatic rings. The number of fused-ring (bicyclic) bond motifs is 1. The molecule has 1 aromatic heterocycles. The van der Waals surface area contributed by atoms with Crippen LogP contribution in [0.3, 0.4) is 0 Å². The third-order valence-electron chi connectivity index (χ3n) is 3.78. The first-order chi connectivity index (χ1) is 11.4. The van der Waals surface area contributed by atoms with Crippen molar-refractivity contribution in [1.82, 2.24) is 0 Å². The fourth-order valence-corrected chi connectivity index (χ4v) is 2.66. The third kappa shape index (κ3) is 2.79. The van der Waals surface area contributed by atoms with E-state index in [1.54, 1.807) is 6.21 Å². The number of para-hydroxylation sites is 1. The lowest BCUT2D eigenvalue weighted by Gasteiger charge is -2.03. The second-order valence-electron chi connectivity index (χ2n) is 5.32. The lowest BCUT2D eigenvalue weighted by molar-refractivity contribution is 0.576. The highest BCUT2D eigenvalue weighted by Crippen LogP contribution is 2.29. The largest absolute Gasteiger partial charge is 0.455 e. The van der Waals surface area contributed by atoms with Crippen molar-refractivity contribution in [3.8, 4) is 11.3 Å². The molecule has 0 bridgehead atoms. The Morgan fingerprint density at radius 3 is 2.39 bits per heavy atom. The van der Waals surface area contributed by atoms with Gasteiger partial charge in [-0.05, 0) is 35.0 Å². The zero-order valence-corrected chi connectivity index (χ0v) is 12.5. The summed E-state index contributed by atoms with van der Waals surface area (Å²) >= 11 is 0. The van der Waals surface area contributed by atoms with Gasteiger partial charge in [-0.25, -0.2) is 0 Å². The van der Waals surface area contributed by atoms with Crippen LogP contribution in [0.4, 0.5) is 5.69 Å². The number of furan rings is 1. The molecule has 0 saturated carbocycles. The molecular formula is C21H15NO. The summed E-state index contributed by atoms with van der Waals surface area (Å²) < 4.78 is 5.95. The van der Waals surface area contributed by atoms with Crippen LogP contribution < -0.4 is 0 Å². The first kappa shape index (κ1) is 13.5. The van der Waals surface area contributed by atoms with E-state index in [2.05, 4.69) is 35.3 Å². The number of aliphatic imine (C=N–C) groups is 1. The Hall–Kier alpha value is -3.13. The molecule has 0 unspecified atom stereocenters. The lowest BCUT2D eigenvalue weighted by Crippen LogP contribution is -1.79. The molecule has 1 heterocycles. The summed E-state index contributed by atoms with van der Waals surface area (Å²) in [7, 11) is 0. The number of hydrogen-bond acceptors (Lipinski definition) is 2. The summed E-state index contributed by atoms with van der Waals surface area (Å²) in [6, 6.07) is 28.4. The van der Waals surface area contributed by atoms with Crippen molar-refractivity contribution >= 4 is 22.7 Å². The molecular weight excluding hydrogens is 282 g/mol. The van der Waals surface area contributed by atoms with Crippen molar-refractivity contribution in [3.05, 3.63) is 90.7 Å². The number of rotatable bonds is 3. The van der Waals surface area contributed by atoms with Gasteiger partial charge in [-0.2, -0.15) is 0 Å². The van der Waals surface area contributed by atoms with Crippen molar-refractivity contribution in [2.45, 2.75) is 0 Å². The monoisotopic (exact) mass is 297 g/mol. The van der Waals surface area contributed by atoms with Crippen LogP contribution in [0.25, 0.3) is 22.1 Å². The van der Waals surface area contributed by atoms with Gasteiger partial charge in [-0.15, -0.1) is 0 Å². The Bertz CT molecular complexity index is 962. The fraction of sp³-hybridized carbons (Fsp3) is 0. The van der Waals surface area contributed by atoms with E-state index < -0.39 is 0 Å². The second kappa shape index (κ2) is 5.93. The van der Waals surface area contributed by atoms with Crippen molar-refractivity contribution in [1.29, 1.82) is 0 Å². The quantitative estimate of drug-likeness (QED) is 0.435. The van der Waals surface area contributed by atoms with Crippen LogP contribution in [-0.4, -0.2) is 6.21 Å². The molecule has 0 atom stereocenters. The number of benzene rings is 3. The van der Waals surface area contributed by atoms with Crippen molar-refractivity contribution < 1.29 is 4.42 Å². The molecule has 4 rings (SSSR count). The molecule has 0 aliphatic carbocycles. The standard InChI is InChI=1S/C21H15NO/c1-2-9-17(10-3-1)22-15-18-13-14-21(23-18)20-12-6-8-16-7-4-5-11-19(16)20/h1-15H. The summed E-state index contributed by atoms with van der Waals surface area (Å²) in [5, 5.41) is 2.40. The maximum absolute atomic E-state index is 5.95. The molecule has 110 valence electrons. The molecule has 4 aromatic rings. The normalized spacial score (nSPS) is 11.3. The fourth-order valence-electron chi connectivity index (χ4n) is 2.66. The highest BCUT2D eigenvalue weighted by molar-refractivity contribution is 5.95. The van der Waals surface area contributed by atoms with Crippen LogP contribution in [0, 0.1) is 0 Å². The lowest BCUT2D eigenvalue weighted by atomic mass is 10.0. The van der Waals surface area contributed by atoms with Gasteiger partial charge in [0.15, 0.2) is 0 Å². The molecule has 2 nitrogen and oxygen atoms in total. The van der Waals surface area contributed by atoms with Crippen LogP contribution >= 0.6 is 0 Å². The Labute approximate surface area is 134 Å². The zero-order valence-electron chi connectivity index (χ0n) is 12.5. The molecule has 0 aliphatic heterocycles. The second-order valence-corrected chi connectivity index (χ2v) is 5.32. The first-order valence-corrected chi connectivity index (χ1v) is 7.57. The minimum Gasteiger partial charge on any atom is -0.455 e. The molecule has 23 heavy (non-hydrogen) atoms. The Morgan fingerprint density at radius 2 is 1.48 bits per heavy atom. The van der Waals surface area contributed by atoms with Gasteiger partial charge in [0.1, 0.15) is 11.5 Å². The zero-order chi connectivity index (χ0) is 15.5. The van der Waals surface area contributed by atoms with Crippen molar-refractivity contribution in [3.63, 3.8) is 0 Å². The van der Waals surface area contributed by atoms with Gasteiger partial charge in [0.2, 0.25) is 0 Å². The Balaban J connectivity index is 1.69. The van der Waals surface area contributed by atoms with Gasteiger partial charge in [-0.1, -0.05) is 60.7 Å². The minimum absolute atomic E-state index is 0.747. The van der Waals surface area contributed by atoms with Gasteiger partial charge in [0.05, 0.1) is 11.9 Å². The maximum atomic E-state index is 5.95. The minimum atomic E-state index is 0.747. The van der Waals surface area contributed by atoms with E-state index >= 15 is 0 Å². The predicted octanol–water partition coefficient (Wildman–Crippen LogP) is 5.85. The maximum Gasteiger partial charge on any atom is 0.145 e. The summed E-state index contributed by atoms with van der Waals surface area (Å²) in [6.45, 7) is 0. The van der Waals surface area contributed by atoms with Gasteiger partial charge < -0.3 is 4.42 Å². The van der Waals surface area contributed by atoms with E-state index in [9.17, 15) is 0 Å². The van der Waals surface area contributed by atoms with Crippen molar-refractivity contribution in [2.24, 2.45) is 4.99 Å². The Morgan fingerprint density at radius 1 is 0.696 bits per heavy atom. The smallest absolute Gasteiger partial charge is 0.145 e. The predicted molar refractivity (Wildman–Crippen MR) is 95.3 cm³/mol. The van der Waals surface area contributed by atoms with Crippen LogP contribution in [0.2, 0.25) is 0 Å². The summed E-state index contributed by atoms with van der Waals surface area (Å²) in [5.41, 5.74) is 2.01. The van der Waals surface area contributed by atoms with Crippen LogP contribution in [-0.2, 0) is 0 Å². The van der Waals surface area contributed by atoms with Crippen LogP contribution in [0.15, 0.2) is 94.3 Å². The van der Waals surface area contributed by atoms with Crippen LogP contribution in [0.1, 0.15) is 5.76 Å². The number of hydrogen-bond donors (Lipinski definition) is 0.